The first-order chi connectivity index (χ1) is 7.70. The molecule has 1 aromatic carbocycles. The number of fused-ring (bicyclic) bond motifs is 3. The minimum Gasteiger partial charge on any atom is -0.398 e. The van der Waals surface area contributed by atoms with Gasteiger partial charge in [-0.2, -0.15) is 15.4 Å². The number of hydrogen-bond acceptors (Lipinski definition) is 5. The third-order valence-corrected chi connectivity index (χ3v) is 2.55. The summed E-state index contributed by atoms with van der Waals surface area (Å²) in [5.74, 6) is -1.30. The number of anilines is 1. The normalized spacial score (nSPS) is 13.5. The van der Waals surface area contributed by atoms with Crippen molar-refractivity contribution >= 4 is 17.3 Å². The maximum absolute atomic E-state index is 11.8. The van der Waals surface area contributed by atoms with Gasteiger partial charge in [-0.25, -0.2) is 0 Å². The summed E-state index contributed by atoms with van der Waals surface area (Å²) in [5, 5.41) is 9.87. The Morgan fingerprint density at radius 2 is 1.81 bits per heavy atom. The first-order valence-corrected chi connectivity index (χ1v) is 4.59. The fourth-order valence-electron chi connectivity index (χ4n) is 1.82. The number of H-pyrrole nitrogens is 1. The summed E-state index contributed by atoms with van der Waals surface area (Å²) in [5.41, 5.74) is 7.18. The van der Waals surface area contributed by atoms with Crippen LogP contribution in [0.15, 0.2) is 18.2 Å². The van der Waals surface area contributed by atoms with Gasteiger partial charge in [0.1, 0.15) is 5.69 Å². The molecule has 6 nitrogen and oxygen atoms in total. The molecule has 16 heavy (non-hydrogen) atoms. The highest BCUT2D eigenvalue weighted by Crippen LogP contribution is 2.33. The molecular weight excluding hydrogens is 208 g/mol. The molecule has 0 saturated heterocycles. The number of nitrogens with two attached hydrogens (primary N) is 1. The number of nitrogen functional groups attached to an aromatic ring is 1. The Hall–Kier alpha value is -2.50. The predicted molar refractivity (Wildman–Crippen MR) is 54.9 cm³/mol. The van der Waals surface area contributed by atoms with Gasteiger partial charge in [0.15, 0.2) is 5.69 Å². The Morgan fingerprint density at radius 1 is 1.06 bits per heavy atom. The minimum absolute atomic E-state index is 0.0584. The highest BCUT2D eigenvalue weighted by molar-refractivity contribution is 6.53. The van der Waals surface area contributed by atoms with E-state index in [4.69, 9.17) is 5.73 Å². The van der Waals surface area contributed by atoms with Crippen LogP contribution >= 0.6 is 0 Å². The van der Waals surface area contributed by atoms with Crippen LogP contribution in [0.2, 0.25) is 0 Å². The molecule has 78 valence electrons. The van der Waals surface area contributed by atoms with E-state index >= 15 is 0 Å². The molecular formula is C10H6N4O2. The lowest BCUT2D eigenvalue weighted by Crippen LogP contribution is -2.22. The number of aromatic nitrogens is 3. The summed E-state index contributed by atoms with van der Waals surface area (Å²) in [6, 6.07) is 4.97. The van der Waals surface area contributed by atoms with Crippen LogP contribution in [0.4, 0.5) is 5.69 Å². The molecule has 0 bridgehead atoms. The standard InChI is InChI=1S/C10H6N4O2/c11-5-3-1-2-4-6(5)9(15)10(16)8-7(4)12-14-13-8/h1-3H,11H2,(H,12,13,14). The van der Waals surface area contributed by atoms with Gasteiger partial charge in [-0.3, -0.25) is 9.59 Å². The van der Waals surface area contributed by atoms with Crippen molar-refractivity contribution in [2.24, 2.45) is 0 Å². The number of nitrogens with one attached hydrogen (secondary N) is 1. The summed E-state index contributed by atoms with van der Waals surface area (Å²) in [7, 11) is 0. The molecule has 1 heterocycles. The summed E-state index contributed by atoms with van der Waals surface area (Å²) >= 11 is 0. The van der Waals surface area contributed by atoms with E-state index in [0.717, 1.165) is 0 Å². The first-order valence-electron chi connectivity index (χ1n) is 4.59. The van der Waals surface area contributed by atoms with E-state index in [1.54, 1.807) is 18.2 Å². The fraction of sp³-hybridized carbons (Fsp3) is 0. The third-order valence-electron chi connectivity index (χ3n) is 2.55. The van der Waals surface area contributed by atoms with Gasteiger partial charge in [0, 0.05) is 11.3 Å². The van der Waals surface area contributed by atoms with Crippen LogP contribution in [0.1, 0.15) is 20.8 Å². The van der Waals surface area contributed by atoms with E-state index in [1.165, 1.54) is 0 Å². The van der Waals surface area contributed by atoms with Gasteiger partial charge in [-0.1, -0.05) is 12.1 Å². The summed E-state index contributed by atoms with van der Waals surface area (Å²) in [4.78, 5) is 23.5. The van der Waals surface area contributed by atoms with Gasteiger partial charge in [-0.05, 0) is 6.07 Å². The SMILES string of the molecule is Nc1cccc2c1C(=O)C(=O)c1n[nH]nc1-2. The van der Waals surface area contributed by atoms with Crippen molar-refractivity contribution in [1.29, 1.82) is 0 Å². The van der Waals surface area contributed by atoms with E-state index in [2.05, 4.69) is 15.4 Å². The topological polar surface area (TPSA) is 102 Å². The maximum Gasteiger partial charge on any atom is 0.256 e. The van der Waals surface area contributed by atoms with Crippen LogP contribution in [0, 0.1) is 0 Å². The van der Waals surface area contributed by atoms with Crippen LogP contribution in [-0.4, -0.2) is 27.0 Å². The van der Waals surface area contributed by atoms with E-state index in [-0.39, 0.29) is 16.9 Å². The molecule has 0 aliphatic heterocycles. The molecule has 2 aromatic rings. The summed E-state index contributed by atoms with van der Waals surface area (Å²) < 4.78 is 0. The lowest BCUT2D eigenvalue weighted by molar-refractivity contribution is 0.0813. The number of carbonyl (C=O) groups is 2. The summed E-state index contributed by atoms with van der Waals surface area (Å²) in [6.45, 7) is 0. The Bertz CT molecular complexity index is 629. The monoisotopic (exact) mass is 214 g/mol. The molecule has 0 saturated carbocycles. The number of ketones is 2. The lowest BCUT2D eigenvalue weighted by atomic mass is 9.89. The van der Waals surface area contributed by atoms with Gasteiger partial charge < -0.3 is 5.73 Å². The molecule has 1 aliphatic rings. The Kier molecular flexibility index (Phi) is 1.51. The van der Waals surface area contributed by atoms with E-state index in [0.29, 0.717) is 11.3 Å². The van der Waals surface area contributed by atoms with Crippen LogP contribution in [-0.2, 0) is 0 Å². The molecule has 6 heteroatoms. The van der Waals surface area contributed by atoms with Crippen LogP contribution in [0.25, 0.3) is 11.3 Å². The number of nitrogens with zero attached hydrogens (tertiary/aromatic N) is 2. The second-order valence-corrected chi connectivity index (χ2v) is 3.45. The second kappa shape index (κ2) is 2.75. The molecule has 3 N–H and O–H groups in total. The number of carbonyl (C=O) groups excluding carboxylic acids is 2. The maximum atomic E-state index is 11.8. The highest BCUT2D eigenvalue weighted by atomic mass is 16.2. The smallest absolute Gasteiger partial charge is 0.256 e. The number of benzene rings is 1. The largest absolute Gasteiger partial charge is 0.398 e. The fourth-order valence-corrected chi connectivity index (χ4v) is 1.82. The van der Waals surface area contributed by atoms with Gasteiger partial charge in [-0.15, -0.1) is 0 Å². The lowest BCUT2D eigenvalue weighted by Gasteiger charge is -2.13. The van der Waals surface area contributed by atoms with Crippen molar-refractivity contribution in [3.8, 4) is 11.3 Å². The van der Waals surface area contributed by atoms with Gasteiger partial charge >= 0.3 is 0 Å². The van der Waals surface area contributed by atoms with Crippen molar-refractivity contribution in [1.82, 2.24) is 15.4 Å². The molecule has 0 atom stereocenters. The van der Waals surface area contributed by atoms with Crippen LogP contribution in [0.3, 0.4) is 0 Å². The Labute approximate surface area is 89.5 Å². The van der Waals surface area contributed by atoms with E-state index in [1.807, 2.05) is 0 Å². The van der Waals surface area contributed by atoms with Crippen molar-refractivity contribution < 1.29 is 9.59 Å². The molecule has 3 rings (SSSR count). The van der Waals surface area contributed by atoms with Gasteiger partial charge in [0.2, 0.25) is 5.78 Å². The first kappa shape index (κ1) is 8.78. The average molecular weight is 214 g/mol. The Balaban J connectivity index is 2.44. The molecule has 1 aliphatic carbocycles. The predicted octanol–water partition coefficient (Wildman–Crippen LogP) is 0.433. The second-order valence-electron chi connectivity index (χ2n) is 3.45. The van der Waals surface area contributed by atoms with Gasteiger partial charge in [0.05, 0.1) is 5.56 Å². The minimum atomic E-state index is -0.672. The highest BCUT2D eigenvalue weighted by Gasteiger charge is 2.34. The van der Waals surface area contributed by atoms with Crippen LogP contribution < -0.4 is 5.73 Å². The molecule has 0 fully saturated rings. The van der Waals surface area contributed by atoms with E-state index in [9.17, 15) is 9.59 Å². The van der Waals surface area contributed by atoms with Crippen molar-refractivity contribution in [2.75, 3.05) is 5.73 Å². The number of rotatable bonds is 0. The average Bonchev–Trinajstić information content (AvgIpc) is 2.74. The molecule has 0 amide bonds. The van der Waals surface area contributed by atoms with Crippen LogP contribution in [0.5, 0.6) is 0 Å². The zero-order chi connectivity index (χ0) is 11.3. The quantitative estimate of drug-likeness (QED) is 0.489. The molecule has 1 aromatic heterocycles. The molecule has 0 radical (unpaired) electrons. The number of aromatic amines is 1. The zero-order valence-corrected chi connectivity index (χ0v) is 8.02. The number of hydrogen-bond donors (Lipinski definition) is 2. The summed E-state index contributed by atoms with van der Waals surface area (Å²) in [6.07, 6.45) is 0. The van der Waals surface area contributed by atoms with E-state index < -0.39 is 11.6 Å². The zero-order valence-electron chi connectivity index (χ0n) is 8.02. The molecule has 0 unspecified atom stereocenters. The van der Waals surface area contributed by atoms with Crippen molar-refractivity contribution in [2.45, 2.75) is 0 Å². The third kappa shape index (κ3) is 0.902. The van der Waals surface area contributed by atoms with Crippen molar-refractivity contribution in [3.63, 3.8) is 0 Å². The Morgan fingerprint density at radius 3 is 2.62 bits per heavy atom. The van der Waals surface area contributed by atoms with Gasteiger partial charge in [0.25, 0.3) is 5.78 Å². The molecule has 0 spiro atoms. The number of Topliss-reactive ketones (excluding diaryl/α,β-unsaturated/α-hetero) is 2. The van der Waals surface area contributed by atoms with Crippen molar-refractivity contribution in [3.05, 3.63) is 29.5 Å².